The molecular formula is C14H18Br2O. The van der Waals surface area contributed by atoms with Gasteiger partial charge in [0.2, 0.25) is 0 Å². The van der Waals surface area contributed by atoms with Gasteiger partial charge in [0, 0.05) is 4.83 Å². The summed E-state index contributed by atoms with van der Waals surface area (Å²) < 4.78 is 6.30. The van der Waals surface area contributed by atoms with Crippen molar-refractivity contribution in [1.82, 2.24) is 0 Å². The zero-order valence-corrected chi connectivity index (χ0v) is 13.5. The Labute approximate surface area is 120 Å². The molecule has 0 heterocycles. The number of rotatable bonds is 3. The molecule has 1 saturated carbocycles. The van der Waals surface area contributed by atoms with Crippen LogP contribution in [0.5, 0.6) is 5.75 Å². The van der Waals surface area contributed by atoms with Gasteiger partial charge < -0.3 is 4.74 Å². The van der Waals surface area contributed by atoms with E-state index in [9.17, 15) is 0 Å². The van der Waals surface area contributed by atoms with E-state index in [1.807, 2.05) is 6.07 Å². The van der Waals surface area contributed by atoms with Crippen molar-refractivity contribution in [2.24, 2.45) is 5.41 Å². The van der Waals surface area contributed by atoms with Crippen LogP contribution in [-0.2, 0) is 0 Å². The van der Waals surface area contributed by atoms with E-state index in [1.54, 1.807) is 7.11 Å². The topological polar surface area (TPSA) is 9.23 Å². The van der Waals surface area contributed by atoms with Gasteiger partial charge in [0.25, 0.3) is 0 Å². The fourth-order valence-electron chi connectivity index (χ4n) is 2.68. The highest BCUT2D eigenvalue weighted by molar-refractivity contribution is 9.10. The van der Waals surface area contributed by atoms with Crippen molar-refractivity contribution in [3.05, 3.63) is 28.2 Å². The van der Waals surface area contributed by atoms with Crippen LogP contribution < -0.4 is 4.74 Å². The van der Waals surface area contributed by atoms with Gasteiger partial charge in [-0.1, -0.05) is 41.8 Å². The number of alkyl halides is 1. The highest BCUT2D eigenvalue weighted by Gasteiger charge is 2.36. The van der Waals surface area contributed by atoms with Crippen molar-refractivity contribution in [3.8, 4) is 5.75 Å². The number of ether oxygens (including phenoxy) is 1. The van der Waals surface area contributed by atoms with Crippen LogP contribution in [0.1, 0.15) is 43.0 Å². The van der Waals surface area contributed by atoms with E-state index in [1.165, 1.54) is 31.2 Å². The summed E-state index contributed by atoms with van der Waals surface area (Å²) in [5.41, 5.74) is 1.73. The summed E-state index contributed by atoms with van der Waals surface area (Å²) in [5, 5.41) is 0. The summed E-state index contributed by atoms with van der Waals surface area (Å²) in [7, 11) is 1.70. The molecule has 1 aliphatic rings. The van der Waals surface area contributed by atoms with Crippen LogP contribution in [0.25, 0.3) is 0 Å². The second-order valence-corrected chi connectivity index (χ2v) is 6.89. The van der Waals surface area contributed by atoms with E-state index in [0.29, 0.717) is 10.2 Å². The molecule has 17 heavy (non-hydrogen) atoms. The first-order valence-corrected chi connectivity index (χ1v) is 7.75. The molecule has 0 spiro atoms. The molecule has 1 atom stereocenters. The van der Waals surface area contributed by atoms with Crippen LogP contribution in [0.3, 0.4) is 0 Å². The van der Waals surface area contributed by atoms with Gasteiger partial charge in [-0.2, -0.15) is 0 Å². The van der Waals surface area contributed by atoms with E-state index in [2.05, 4.69) is 50.9 Å². The van der Waals surface area contributed by atoms with Gasteiger partial charge in [-0.3, -0.25) is 0 Å². The molecule has 1 unspecified atom stereocenters. The number of hydrogen-bond acceptors (Lipinski definition) is 1. The molecule has 1 nitrogen and oxygen atoms in total. The Hall–Kier alpha value is -0.0200. The number of benzene rings is 1. The first-order valence-electron chi connectivity index (χ1n) is 6.04. The van der Waals surface area contributed by atoms with Crippen molar-refractivity contribution in [3.63, 3.8) is 0 Å². The van der Waals surface area contributed by atoms with Crippen LogP contribution in [-0.4, -0.2) is 7.11 Å². The van der Waals surface area contributed by atoms with Gasteiger partial charge in [-0.05, 0) is 51.9 Å². The standard InChI is InChI=1S/C14H18Br2O/c1-14(7-3-4-8-14)13(16)10-5-6-12(17-2)11(15)9-10/h5-6,9,13H,3-4,7-8H2,1-2H3. The molecule has 0 aliphatic heterocycles. The Morgan fingerprint density at radius 2 is 1.94 bits per heavy atom. The van der Waals surface area contributed by atoms with Crippen molar-refractivity contribution in [2.75, 3.05) is 7.11 Å². The predicted molar refractivity (Wildman–Crippen MR) is 78.9 cm³/mol. The molecule has 2 rings (SSSR count). The number of hydrogen-bond donors (Lipinski definition) is 0. The molecule has 0 bridgehead atoms. The van der Waals surface area contributed by atoms with E-state index < -0.39 is 0 Å². The average molecular weight is 362 g/mol. The van der Waals surface area contributed by atoms with E-state index in [4.69, 9.17) is 4.74 Å². The predicted octanol–water partition coefficient (Wildman–Crippen LogP) is 5.47. The van der Waals surface area contributed by atoms with Crippen molar-refractivity contribution in [2.45, 2.75) is 37.4 Å². The lowest BCUT2D eigenvalue weighted by atomic mass is 9.82. The molecule has 1 aromatic rings. The molecule has 0 saturated heterocycles. The maximum Gasteiger partial charge on any atom is 0.133 e. The van der Waals surface area contributed by atoms with Crippen LogP contribution in [0, 0.1) is 5.41 Å². The second kappa shape index (κ2) is 5.31. The zero-order valence-electron chi connectivity index (χ0n) is 10.3. The number of methoxy groups -OCH3 is 1. The minimum Gasteiger partial charge on any atom is -0.496 e. The van der Waals surface area contributed by atoms with Crippen LogP contribution in [0.4, 0.5) is 0 Å². The molecular weight excluding hydrogens is 344 g/mol. The van der Waals surface area contributed by atoms with E-state index in [0.717, 1.165) is 10.2 Å². The van der Waals surface area contributed by atoms with Crippen LogP contribution in [0.2, 0.25) is 0 Å². The van der Waals surface area contributed by atoms with Crippen molar-refractivity contribution < 1.29 is 4.74 Å². The summed E-state index contributed by atoms with van der Waals surface area (Å²) in [6.45, 7) is 2.39. The summed E-state index contributed by atoms with van der Waals surface area (Å²) >= 11 is 7.44. The Morgan fingerprint density at radius 3 is 2.47 bits per heavy atom. The summed E-state index contributed by atoms with van der Waals surface area (Å²) in [6, 6.07) is 6.36. The molecule has 3 heteroatoms. The molecule has 0 amide bonds. The maximum atomic E-state index is 5.27. The lowest BCUT2D eigenvalue weighted by Crippen LogP contribution is -2.17. The van der Waals surface area contributed by atoms with Crippen molar-refractivity contribution >= 4 is 31.9 Å². The fourth-order valence-corrected chi connectivity index (χ4v) is 3.98. The highest BCUT2D eigenvalue weighted by atomic mass is 79.9. The Bertz CT molecular complexity index is 397. The molecule has 94 valence electrons. The molecule has 0 radical (unpaired) electrons. The quantitative estimate of drug-likeness (QED) is 0.648. The lowest BCUT2D eigenvalue weighted by molar-refractivity contribution is 0.331. The van der Waals surface area contributed by atoms with Crippen LogP contribution in [0.15, 0.2) is 22.7 Å². The largest absolute Gasteiger partial charge is 0.496 e. The minimum absolute atomic E-state index is 0.397. The minimum atomic E-state index is 0.397. The Morgan fingerprint density at radius 1 is 1.29 bits per heavy atom. The van der Waals surface area contributed by atoms with Crippen molar-refractivity contribution in [1.29, 1.82) is 0 Å². The molecule has 1 fully saturated rings. The lowest BCUT2D eigenvalue weighted by Gasteiger charge is -2.30. The Kier molecular flexibility index (Phi) is 4.19. The fraction of sp³-hybridized carbons (Fsp3) is 0.571. The molecule has 0 N–H and O–H groups in total. The third kappa shape index (κ3) is 2.70. The third-order valence-corrected chi connectivity index (χ3v) is 6.08. The van der Waals surface area contributed by atoms with Gasteiger partial charge in [0.1, 0.15) is 5.75 Å². The average Bonchev–Trinajstić information content (AvgIpc) is 2.76. The SMILES string of the molecule is COc1ccc(C(Br)C2(C)CCCC2)cc1Br. The smallest absolute Gasteiger partial charge is 0.133 e. The molecule has 0 aromatic heterocycles. The molecule has 1 aromatic carbocycles. The van der Waals surface area contributed by atoms with Gasteiger partial charge in [-0.25, -0.2) is 0 Å². The first-order chi connectivity index (χ1) is 8.07. The van der Waals surface area contributed by atoms with Gasteiger partial charge in [-0.15, -0.1) is 0 Å². The summed E-state index contributed by atoms with van der Waals surface area (Å²) in [4.78, 5) is 0.430. The monoisotopic (exact) mass is 360 g/mol. The first kappa shape index (κ1) is 13.4. The summed E-state index contributed by atoms with van der Waals surface area (Å²) in [5.74, 6) is 0.894. The van der Waals surface area contributed by atoms with E-state index in [-0.39, 0.29) is 0 Å². The number of halogens is 2. The van der Waals surface area contributed by atoms with Gasteiger partial charge in [0.15, 0.2) is 0 Å². The van der Waals surface area contributed by atoms with Gasteiger partial charge >= 0.3 is 0 Å². The second-order valence-electron chi connectivity index (χ2n) is 5.12. The van der Waals surface area contributed by atoms with E-state index >= 15 is 0 Å². The third-order valence-electron chi connectivity index (χ3n) is 3.83. The zero-order chi connectivity index (χ0) is 12.5. The summed E-state index contributed by atoms with van der Waals surface area (Å²) in [6.07, 6.45) is 5.34. The van der Waals surface area contributed by atoms with Gasteiger partial charge in [0.05, 0.1) is 11.6 Å². The maximum absolute atomic E-state index is 5.27. The van der Waals surface area contributed by atoms with Crippen LogP contribution >= 0.6 is 31.9 Å². The normalized spacial score (nSPS) is 20.2. The highest BCUT2D eigenvalue weighted by Crippen LogP contribution is 2.52. The molecule has 1 aliphatic carbocycles. The Balaban J connectivity index is 2.25.